The van der Waals surface area contributed by atoms with Gasteiger partial charge >= 0.3 is 0 Å². The summed E-state index contributed by atoms with van der Waals surface area (Å²) in [6.07, 6.45) is 0.726. The number of hydrogen-bond donors (Lipinski definition) is 1. The lowest BCUT2D eigenvalue weighted by Gasteiger charge is -2.32. The van der Waals surface area contributed by atoms with E-state index in [0.717, 1.165) is 21.9 Å². The molecule has 0 aliphatic carbocycles. The van der Waals surface area contributed by atoms with Crippen LogP contribution in [0.5, 0.6) is 5.75 Å². The molecule has 10 heteroatoms. The summed E-state index contributed by atoms with van der Waals surface area (Å²) >= 11 is 6.05. The van der Waals surface area contributed by atoms with Crippen molar-refractivity contribution in [3.05, 3.63) is 88.9 Å². The third kappa shape index (κ3) is 7.76. The maximum atomic E-state index is 13.9. The van der Waals surface area contributed by atoms with Gasteiger partial charge in [-0.2, -0.15) is 0 Å². The van der Waals surface area contributed by atoms with Gasteiger partial charge in [-0.25, -0.2) is 8.42 Å². The van der Waals surface area contributed by atoms with E-state index in [2.05, 4.69) is 5.32 Å². The van der Waals surface area contributed by atoms with Gasteiger partial charge < -0.3 is 15.0 Å². The fourth-order valence-electron chi connectivity index (χ4n) is 3.95. The molecular weight excluding hydrogens is 550 g/mol. The topological polar surface area (TPSA) is 96.0 Å². The number of aryl methyl sites for hydroxylation is 1. The third-order valence-corrected chi connectivity index (χ3v) is 8.72. The molecule has 0 unspecified atom stereocenters. The fraction of sp³-hybridized carbons (Fsp3) is 0.333. The van der Waals surface area contributed by atoms with Gasteiger partial charge in [0.25, 0.3) is 10.0 Å². The molecule has 3 aromatic rings. The van der Waals surface area contributed by atoms with Gasteiger partial charge in [-0.1, -0.05) is 48.4 Å². The van der Waals surface area contributed by atoms with Crippen molar-refractivity contribution in [1.82, 2.24) is 10.2 Å². The average molecular weight is 586 g/mol. The first-order valence-electron chi connectivity index (χ1n) is 13.0. The zero-order valence-electron chi connectivity index (χ0n) is 23.4. The molecule has 0 aliphatic heterocycles. The van der Waals surface area contributed by atoms with Crippen LogP contribution in [0.15, 0.2) is 77.7 Å². The van der Waals surface area contributed by atoms with Crippen molar-refractivity contribution in [2.75, 3.05) is 18.0 Å². The Morgan fingerprint density at radius 3 is 2.10 bits per heavy atom. The van der Waals surface area contributed by atoms with Gasteiger partial charge in [-0.3, -0.25) is 13.9 Å². The minimum absolute atomic E-state index is 0.0496. The molecule has 0 heterocycles. The minimum Gasteiger partial charge on any atom is -0.497 e. The van der Waals surface area contributed by atoms with E-state index in [9.17, 15) is 18.0 Å². The molecule has 40 heavy (non-hydrogen) atoms. The number of rotatable bonds is 12. The molecule has 8 nitrogen and oxygen atoms in total. The lowest BCUT2D eigenvalue weighted by molar-refractivity contribution is -0.139. The van der Waals surface area contributed by atoms with Crippen molar-refractivity contribution in [3.63, 3.8) is 0 Å². The summed E-state index contributed by atoms with van der Waals surface area (Å²) < 4.78 is 34.0. The largest absolute Gasteiger partial charge is 0.497 e. The normalized spacial score (nSPS) is 12.8. The number of nitrogens with zero attached hydrogens (tertiary/aromatic N) is 2. The fourth-order valence-corrected chi connectivity index (χ4v) is 5.49. The number of ether oxygens (including phenoxy) is 1. The Kier molecular flexibility index (Phi) is 10.6. The SMILES string of the molecule is CC[C@H](C)NC(=O)[C@H](C)N(Cc1ccc(Cl)cc1)C(=O)CN(c1ccc(OC)cc1)S(=O)(=O)c1ccc(C)cc1. The van der Waals surface area contributed by atoms with Crippen LogP contribution in [0.4, 0.5) is 5.69 Å². The molecule has 0 saturated carbocycles. The summed E-state index contributed by atoms with van der Waals surface area (Å²) in [7, 11) is -2.63. The Labute approximate surface area is 241 Å². The molecular formula is C30H36ClN3O5S. The maximum Gasteiger partial charge on any atom is 0.264 e. The van der Waals surface area contributed by atoms with Gasteiger partial charge in [-0.05, 0) is 81.3 Å². The van der Waals surface area contributed by atoms with E-state index in [4.69, 9.17) is 16.3 Å². The second kappa shape index (κ2) is 13.7. The highest BCUT2D eigenvalue weighted by molar-refractivity contribution is 7.92. The van der Waals surface area contributed by atoms with Gasteiger partial charge in [-0.15, -0.1) is 0 Å². The molecule has 0 fully saturated rings. The Morgan fingerprint density at radius 1 is 0.950 bits per heavy atom. The highest BCUT2D eigenvalue weighted by atomic mass is 35.5. The summed E-state index contributed by atoms with van der Waals surface area (Å²) in [6, 6.07) is 18.9. The summed E-state index contributed by atoms with van der Waals surface area (Å²) in [5.41, 5.74) is 1.94. The number of hydrogen-bond acceptors (Lipinski definition) is 5. The van der Waals surface area contributed by atoms with Gasteiger partial charge in [0.05, 0.1) is 17.7 Å². The number of amides is 2. The van der Waals surface area contributed by atoms with Crippen LogP contribution in [-0.4, -0.2) is 50.9 Å². The van der Waals surface area contributed by atoms with E-state index in [1.54, 1.807) is 67.6 Å². The summed E-state index contributed by atoms with van der Waals surface area (Å²) in [6.45, 7) is 6.91. The van der Waals surface area contributed by atoms with E-state index in [-0.39, 0.29) is 29.1 Å². The lowest BCUT2D eigenvalue weighted by atomic mass is 10.1. The van der Waals surface area contributed by atoms with Crippen LogP contribution < -0.4 is 14.4 Å². The number of methoxy groups -OCH3 is 1. The molecule has 3 aromatic carbocycles. The quantitative estimate of drug-likeness (QED) is 0.316. The highest BCUT2D eigenvalue weighted by Crippen LogP contribution is 2.27. The number of benzene rings is 3. The van der Waals surface area contributed by atoms with Gasteiger partial charge in [0.1, 0.15) is 18.3 Å². The molecule has 0 bridgehead atoms. The first kappa shape index (κ1) is 31.0. The van der Waals surface area contributed by atoms with E-state index in [1.807, 2.05) is 20.8 Å². The van der Waals surface area contributed by atoms with Crippen molar-refractivity contribution in [3.8, 4) is 5.75 Å². The van der Waals surface area contributed by atoms with Crippen LogP contribution in [0.2, 0.25) is 5.02 Å². The molecule has 0 spiro atoms. The number of carbonyl (C=O) groups excluding carboxylic acids is 2. The Hall–Kier alpha value is -3.56. The van der Waals surface area contributed by atoms with E-state index >= 15 is 0 Å². The van der Waals surface area contributed by atoms with Crippen LogP contribution >= 0.6 is 11.6 Å². The van der Waals surface area contributed by atoms with Crippen molar-refractivity contribution in [2.45, 2.75) is 57.6 Å². The molecule has 214 valence electrons. The van der Waals surface area contributed by atoms with Gasteiger partial charge in [0.2, 0.25) is 11.8 Å². The van der Waals surface area contributed by atoms with Crippen molar-refractivity contribution in [2.24, 2.45) is 0 Å². The number of carbonyl (C=O) groups is 2. The Balaban J connectivity index is 2.02. The molecule has 3 rings (SSSR count). The second-order valence-corrected chi connectivity index (χ2v) is 12.0. The monoisotopic (exact) mass is 585 g/mol. The van der Waals surface area contributed by atoms with Crippen LogP contribution in [0.25, 0.3) is 0 Å². The summed E-state index contributed by atoms with van der Waals surface area (Å²) in [5.74, 6) is -0.315. The third-order valence-electron chi connectivity index (χ3n) is 6.68. The smallest absolute Gasteiger partial charge is 0.264 e. The lowest BCUT2D eigenvalue weighted by Crippen LogP contribution is -2.52. The molecule has 0 saturated heterocycles. The zero-order valence-corrected chi connectivity index (χ0v) is 25.0. The maximum absolute atomic E-state index is 13.9. The van der Waals surface area contributed by atoms with Crippen molar-refractivity contribution < 1.29 is 22.7 Å². The molecule has 2 atom stereocenters. The number of sulfonamides is 1. The van der Waals surface area contributed by atoms with E-state index in [1.165, 1.54) is 24.1 Å². The van der Waals surface area contributed by atoms with Gasteiger partial charge in [0, 0.05) is 17.6 Å². The van der Waals surface area contributed by atoms with E-state index in [0.29, 0.717) is 10.8 Å². The average Bonchev–Trinajstić information content (AvgIpc) is 2.95. The molecule has 2 amide bonds. The predicted molar refractivity (Wildman–Crippen MR) is 158 cm³/mol. The Morgan fingerprint density at radius 2 is 1.55 bits per heavy atom. The first-order chi connectivity index (χ1) is 19.0. The molecule has 0 radical (unpaired) electrons. The highest BCUT2D eigenvalue weighted by Gasteiger charge is 2.32. The first-order valence-corrected chi connectivity index (χ1v) is 14.9. The molecule has 1 N–H and O–H groups in total. The number of nitrogens with one attached hydrogen (secondary N) is 1. The minimum atomic E-state index is -4.14. The van der Waals surface area contributed by atoms with E-state index < -0.39 is 28.5 Å². The predicted octanol–water partition coefficient (Wildman–Crippen LogP) is 5.18. The van der Waals surface area contributed by atoms with Crippen LogP contribution in [0.1, 0.15) is 38.3 Å². The number of anilines is 1. The molecule has 0 aromatic heterocycles. The van der Waals surface area contributed by atoms with Crippen LogP contribution in [0, 0.1) is 6.92 Å². The second-order valence-electron chi connectivity index (χ2n) is 9.66. The summed E-state index contributed by atoms with van der Waals surface area (Å²) in [5, 5.41) is 3.46. The summed E-state index contributed by atoms with van der Waals surface area (Å²) in [4.78, 5) is 28.5. The zero-order chi connectivity index (χ0) is 29.4. The molecule has 0 aliphatic rings. The van der Waals surface area contributed by atoms with Crippen molar-refractivity contribution >= 4 is 39.1 Å². The van der Waals surface area contributed by atoms with Crippen LogP contribution in [-0.2, 0) is 26.2 Å². The van der Waals surface area contributed by atoms with Crippen molar-refractivity contribution in [1.29, 1.82) is 0 Å². The van der Waals surface area contributed by atoms with Crippen LogP contribution in [0.3, 0.4) is 0 Å². The Bertz CT molecular complexity index is 1390. The van der Waals surface area contributed by atoms with Gasteiger partial charge in [0.15, 0.2) is 0 Å². The standard InChI is InChI=1S/C30H36ClN3O5S/c1-6-22(3)32-30(36)23(4)33(19-24-9-11-25(31)12-10-24)29(35)20-34(26-13-15-27(39-5)16-14-26)40(37,38)28-17-7-21(2)8-18-28/h7-18,22-23H,6,19-20H2,1-5H3,(H,32,36)/t22-,23-/m0/s1. The number of halogens is 1.